The van der Waals surface area contributed by atoms with E-state index in [0.29, 0.717) is 12.8 Å². The van der Waals surface area contributed by atoms with Crippen LogP contribution in [0, 0.1) is 11.6 Å². The minimum atomic E-state index is -0.785. The summed E-state index contributed by atoms with van der Waals surface area (Å²) in [5, 5.41) is 7.69. The van der Waals surface area contributed by atoms with Crippen LogP contribution in [-0.2, 0) is 9.53 Å². The first-order valence-corrected chi connectivity index (χ1v) is 10.6. The average Bonchev–Trinajstić information content (AvgIpc) is 3.20. The molecule has 3 amide bonds. The second-order valence-corrected chi connectivity index (χ2v) is 8.06. The standard InChI is InChI=1S/C22H20ClF2N3O5/c23-14-9-11(1-4-15(14)24)27-21(30)13-3-5-16(25)19-17(7-8-32-20(13)19)28-22(31)33-10-12-2-6-18(29)26-12/h1,3-5,9,12,17H,2,6-8,10H2,(H,26,29)(H,27,30)(H,28,31)/t12-,17-/m0/s1. The van der Waals surface area contributed by atoms with E-state index in [1.807, 2.05) is 0 Å². The molecule has 4 rings (SSSR count). The Morgan fingerprint density at radius 3 is 2.70 bits per heavy atom. The average molecular weight is 480 g/mol. The van der Waals surface area contributed by atoms with E-state index in [9.17, 15) is 23.2 Å². The smallest absolute Gasteiger partial charge is 0.407 e. The van der Waals surface area contributed by atoms with Crippen LogP contribution >= 0.6 is 11.6 Å². The van der Waals surface area contributed by atoms with Gasteiger partial charge in [0.2, 0.25) is 5.91 Å². The molecule has 3 N–H and O–H groups in total. The molecule has 8 nitrogen and oxygen atoms in total. The Kier molecular flexibility index (Phi) is 6.64. The first-order chi connectivity index (χ1) is 15.8. The Labute approximate surface area is 192 Å². The fourth-order valence-electron chi connectivity index (χ4n) is 3.74. The molecule has 11 heteroatoms. The maximum atomic E-state index is 14.7. The molecule has 2 aliphatic rings. The lowest BCUT2D eigenvalue weighted by atomic mass is 9.96. The van der Waals surface area contributed by atoms with Gasteiger partial charge >= 0.3 is 6.09 Å². The van der Waals surface area contributed by atoms with Crippen LogP contribution in [0.25, 0.3) is 0 Å². The SMILES string of the molecule is O=C1CC[C@@H](COC(=O)N[C@H]2CCOc3c(C(=O)Nc4ccc(F)c(Cl)c4)ccc(F)c32)N1. The van der Waals surface area contributed by atoms with Crippen molar-refractivity contribution in [3.05, 3.63) is 58.1 Å². The van der Waals surface area contributed by atoms with Crippen molar-refractivity contribution in [3.63, 3.8) is 0 Å². The van der Waals surface area contributed by atoms with Gasteiger partial charge in [-0.3, -0.25) is 9.59 Å². The number of alkyl carbamates (subject to hydrolysis) is 1. The quantitative estimate of drug-likeness (QED) is 0.606. The van der Waals surface area contributed by atoms with Gasteiger partial charge in [0, 0.05) is 18.5 Å². The molecule has 0 saturated carbocycles. The molecular formula is C22H20ClF2N3O5. The molecular weight excluding hydrogens is 460 g/mol. The summed E-state index contributed by atoms with van der Waals surface area (Å²) in [6.45, 7) is 0.127. The molecule has 1 saturated heterocycles. The fraction of sp³-hybridized carbons (Fsp3) is 0.318. The Balaban J connectivity index is 1.48. The van der Waals surface area contributed by atoms with Gasteiger partial charge in [-0.15, -0.1) is 0 Å². The number of hydrogen-bond donors (Lipinski definition) is 3. The van der Waals surface area contributed by atoms with Crippen LogP contribution in [0.2, 0.25) is 5.02 Å². The van der Waals surface area contributed by atoms with E-state index < -0.39 is 29.7 Å². The molecule has 2 aromatic carbocycles. The number of ether oxygens (including phenoxy) is 2. The summed E-state index contributed by atoms with van der Waals surface area (Å²) in [6, 6.07) is 5.02. The van der Waals surface area contributed by atoms with Crippen molar-refractivity contribution in [2.45, 2.75) is 31.3 Å². The second kappa shape index (κ2) is 9.62. The molecule has 1 fully saturated rings. The number of nitrogens with one attached hydrogen (secondary N) is 3. The number of fused-ring (bicyclic) bond motifs is 1. The largest absolute Gasteiger partial charge is 0.492 e. The molecule has 0 radical (unpaired) electrons. The van der Waals surface area contributed by atoms with Gasteiger partial charge in [-0.05, 0) is 36.8 Å². The zero-order chi connectivity index (χ0) is 23.5. The number of hydrogen-bond acceptors (Lipinski definition) is 5. The molecule has 174 valence electrons. The molecule has 2 atom stereocenters. The van der Waals surface area contributed by atoms with Crippen molar-refractivity contribution in [1.29, 1.82) is 0 Å². The van der Waals surface area contributed by atoms with Gasteiger partial charge < -0.3 is 25.4 Å². The summed E-state index contributed by atoms with van der Waals surface area (Å²) in [4.78, 5) is 36.3. The van der Waals surface area contributed by atoms with Crippen LogP contribution in [-0.4, -0.2) is 37.2 Å². The predicted octanol–water partition coefficient (Wildman–Crippen LogP) is 3.70. The van der Waals surface area contributed by atoms with Crippen molar-refractivity contribution >= 4 is 35.2 Å². The first-order valence-electron chi connectivity index (χ1n) is 10.3. The zero-order valence-electron chi connectivity index (χ0n) is 17.3. The molecule has 33 heavy (non-hydrogen) atoms. The summed E-state index contributed by atoms with van der Waals surface area (Å²) < 4.78 is 38.8. The van der Waals surface area contributed by atoms with Crippen LogP contribution in [0.3, 0.4) is 0 Å². The summed E-state index contributed by atoms with van der Waals surface area (Å²) in [5.41, 5.74) is 0.315. The minimum Gasteiger partial charge on any atom is -0.492 e. The van der Waals surface area contributed by atoms with Crippen LogP contribution in [0.4, 0.5) is 19.3 Å². The number of carbonyl (C=O) groups is 3. The maximum Gasteiger partial charge on any atom is 0.407 e. The first kappa shape index (κ1) is 22.8. The summed E-state index contributed by atoms with van der Waals surface area (Å²) >= 11 is 5.75. The summed E-state index contributed by atoms with van der Waals surface area (Å²) in [5.74, 6) is -2.00. The van der Waals surface area contributed by atoms with E-state index in [2.05, 4.69) is 16.0 Å². The molecule has 2 heterocycles. The third-order valence-corrected chi connectivity index (χ3v) is 5.65. The lowest BCUT2D eigenvalue weighted by molar-refractivity contribution is -0.119. The third-order valence-electron chi connectivity index (χ3n) is 5.36. The van der Waals surface area contributed by atoms with Crippen molar-refractivity contribution in [2.75, 3.05) is 18.5 Å². The monoisotopic (exact) mass is 479 g/mol. The van der Waals surface area contributed by atoms with E-state index in [4.69, 9.17) is 21.1 Å². The zero-order valence-corrected chi connectivity index (χ0v) is 18.0. The van der Waals surface area contributed by atoms with Gasteiger partial charge in [-0.2, -0.15) is 0 Å². The van der Waals surface area contributed by atoms with Gasteiger partial charge in [0.05, 0.1) is 34.8 Å². The number of anilines is 1. The van der Waals surface area contributed by atoms with E-state index in [0.717, 1.165) is 12.1 Å². The molecule has 0 unspecified atom stereocenters. The Bertz CT molecular complexity index is 1110. The van der Waals surface area contributed by atoms with E-state index >= 15 is 0 Å². The maximum absolute atomic E-state index is 14.7. The van der Waals surface area contributed by atoms with Crippen LogP contribution in [0.5, 0.6) is 5.75 Å². The van der Waals surface area contributed by atoms with E-state index in [-0.39, 0.29) is 59.2 Å². The molecule has 0 bridgehead atoms. The highest BCUT2D eigenvalue weighted by Crippen LogP contribution is 2.37. The van der Waals surface area contributed by atoms with Gasteiger partial charge in [-0.1, -0.05) is 11.6 Å². The lowest BCUT2D eigenvalue weighted by Gasteiger charge is -2.28. The highest BCUT2D eigenvalue weighted by molar-refractivity contribution is 6.31. The van der Waals surface area contributed by atoms with Gasteiger partial charge in [0.15, 0.2) is 0 Å². The second-order valence-electron chi connectivity index (χ2n) is 7.66. The van der Waals surface area contributed by atoms with Crippen LogP contribution in [0.1, 0.15) is 41.2 Å². The molecule has 0 spiro atoms. The van der Waals surface area contributed by atoms with Crippen LogP contribution < -0.4 is 20.7 Å². The molecule has 0 aliphatic carbocycles. The molecule has 0 aromatic heterocycles. The highest BCUT2D eigenvalue weighted by Gasteiger charge is 2.31. The predicted molar refractivity (Wildman–Crippen MR) is 114 cm³/mol. The number of benzene rings is 2. The minimum absolute atomic E-state index is 0.000292. The lowest BCUT2D eigenvalue weighted by Crippen LogP contribution is -2.37. The highest BCUT2D eigenvalue weighted by atomic mass is 35.5. The van der Waals surface area contributed by atoms with Crippen LogP contribution in [0.15, 0.2) is 30.3 Å². The Hall–Kier alpha value is -3.40. The third kappa shape index (κ3) is 5.16. The number of amides is 3. The van der Waals surface area contributed by atoms with E-state index in [1.54, 1.807) is 0 Å². The van der Waals surface area contributed by atoms with Crippen molar-refractivity contribution in [1.82, 2.24) is 10.6 Å². The topological polar surface area (TPSA) is 106 Å². The van der Waals surface area contributed by atoms with Gasteiger partial charge in [0.1, 0.15) is 24.0 Å². The summed E-state index contributed by atoms with van der Waals surface area (Å²) in [6.07, 6.45) is 0.434. The van der Waals surface area contributed by atoms with E-state index in [1.165, 1.54) is 18.2 Å². The molecule has 2 aliphatic heterocycles. The molecule has 2 aromatic rings. The Morgan fingerprint density at radius 1 is 1.18 bits per heavy atom. The fourth-order valence-corrected chi connectivity index (χ4v) is 3.92. The van der Waals surface area contributed by atoms with Crippen molar-refractivity contribution in [3.8, 4) is 5.75 Å². The summed E-state index contributed by atoms with van der Waals surface area (Å²) in [7, 11) is 0. The number of halogens is 3. The van der Waals surface area contributed by atoms with Gasteiger partial charge in [-0.25, -0.2) is 13.6 Å². The number of rotatable bonds is 5. The normalized spacial score (nSPS) is 19.2. The van der Waals surface area contributed by atoms with Crippen molar-refractivity contribution < 1.29 is 32.6 Å². The van der Waals surface area contributed by atoms with Gasteiger partial charge in [0.25, 0.3) is 5.91 Å². The van der Waals surface area contributed by atoms with Crippen molar-refractivity contribution in [2.24, 2.45) is 0 Å². The Morgan fingerprint density at radius 2 is 1.97 bits per heavy atom. The number of carbonyl (C=O) groups excluding carboxylic acids is 3.